The Labute approximate surface area is 232 Å². The van der Waals surface area contributed by atoms with Crippen molar-refractivity contribution < 1.29 is 28.2 Å². The Kier molecular flexibility index (Phi) is 8.96. The van der Waals surface area contributed by atoms with E-state index in [0.717, 1.165) is 10.5 Å². The Morgan fingerprint density at radius 2 is 1.82 bits per heavy atom. The van der Waals surface area contributed by atoms with Crippen LogP contribution in [0, 0.1) is 12.7 Å². The first kappa shape index (κ1) is 28.1. The normalized spacial score (nSPS) is 13.8. The number of benzene rings is 3. The predicted molar refractivity (Wildman–Crippen MR) is 150 cm³/mol. The highest BCUT2D eigenvalue weighted by atomic mass is 19.1. The van der Waals surface area contributed by atoms with E-state index in [1.54, 1.807) is 48.5 Å². The van der Waals surface area contributed by atoms with Crippen molar-refractivity contribution in [2.24, 2.45) is 0 Å². The molecule has 0 aromatic heterocycles. The number of allylic oxidation sites excluding steroid dienone is 1. The van der Waals surface area contributed by atoms with Crippen molar-refractivity contribution >= 4 is 29.6 Å². The van der Waals surface area contributed by atoms with Crippen LogP contribution in [-0.2, 0) is 22.6 Å². The highest BCUT2D eigenvalue weighted by Gasteiger charge is 2.35. The molecule has 1 aliphatic heterocycles. The number of hydrogen-bond acceptors (Lipinski definition) is 5. The minimum Gasteiger partial charge on any atom is -0.490 e. The number of nitrogens with one attached hydrogen (secondary N) is 2. The van der Waals surface area contributed by atoms with E-state index in [0.29, 0.717) is 46.9 Å². The lowest BCUT2D eigenvalue weighted by Crippen LogP contribution is -2.38. The molecule has 0 atom stereocenters. The SMILES string of the molecule is C=CCc1cc(/C=C2/NC(=O)N(CC(=O)Nc3ccc(C)cc3)C2=O)cc(OCC)c1OCc1ccccc1F. The monoisotopic (exact) mass is 543 g/mol. The fourth-order valence-electron chi connectivity index (χ4n) is 4.13. The van der Waals surface area contributed by atoms with Gasteiger partial charge in [-0.05, 0) is 62.2 Å². The molecule has 4 amide bonds. The molecule has 0 unspecified atom stereocenters. The molecule has 1 heterocycles. The minimum absolute atomic E-state index is 0.00845. The minimum atomic E-state index is -0.698. The first-order chi connectivity index (χ1) is 19.3. The Bertz CT molecular complexity index is 1470. The number of carbonyl (C=O) groups excluding carboxylic acids is 3. The summed E-state index contributed by atoms with van der Waals surface area (Å²) in [6.07, 6.45) is 3.61. The number of ether oxygens (including phenoxy) is 2. The van der Waals surface area contributed by atoms with Gasteiger partial charge >= 0.3 is 6.03 Å². The molecule has 3 aromatic rings. The molecule has 0 aliphatic carbocycles. The van der Waals surface area contributed by atoms with Crippen molar-refractivity contribution in [1.29, 1.82) is 0 Å². The number of amides is 4. The largest absolute Gasteiger partial charge is 0.490 e. The zero-order valence-electron chi connectivity index (χ0n) is 22.3. The molecule has 2 N–H and O–H groups in total. The predicted octanol–water partition coefficient (Wildman–Crippen LogP) is 5.37. The molecule has 1 fully saturated rings. The molecule has 1 aliphatic rings. The van der Waals surface area contributed by atoms with E-state index in [4.69, 9.17) is 9.47 Å². The average Bonchev–Trinajstić information content (AvgIpc) is 3.18. The second kappa shape index (κ2) is 12.8. The topological polar surface area (TPSA) is 97.0 Å². The summed E-state index contributed by atoms with van der Waals surface area (Å²) in [7, 11) is 0. The third-order valence-corrected chi connectivity index (χ3v) is 6.06. The number of rotatable bonds is 11. The van der Waals surface area contributed by atoms with Crippen LogP contribution in [0.2, 0.25) is 0 Å². The molecule has 40 heavy (non-hydrogen) atoms. The van der Waals surface area contributed by atoms with Gasteiger partial charge in [-0.3, -0.25) is 9.59 Å². The summed E-state index contributed by atoms with van der Waals surface area (Å²) in [6, 6.07) is 16.3. The Hall–Kier alpha value is -4.92. The Morgan fingerprint density at radius 1 is 1.07 bits per heavy atom. The maximum atomic E-state index is 14.2. The lowest BCUT2D eigenvalue weighted by Gasteiger charge is -2.17. The highest BCUT2D eigenvalue weighted by molar-refractivity contribution is 6.16. The van der Waals surface area contributed by atoms with E-state index in [1.165, 1.54) is 12.1 Å². The van der Waals surface area contributed by atoms with Crippen molar-refractivity contribution in [3.05, 3.63) is 107 Å². The molecule has 206 valence electrons. The van der Waals surface area contributed by atoms with Crippen molar-refractivity contribution in [2.45, 2.75) is 26.9 Å². The molecule has 0 spiro atoms. The summed E-state index contributed by atoms with van der Waals surface area (Å²) in [4.78, 5) is 38.9. The second-order valence-corrected chi connectivity index (χ2v) is 9.11. The zero-order valence-corrected chi connectivity index (χ0v) is 22.3. The van der Waals surface area contributed by atoms with Gasteiger partial charge in [0.05, 0.1) is 6.61 Å². The molecule has 0 bridgehead atoms. The third kappa shape index (κ3) is 6.74. The molecule has 4 rings (SSSR count). The van der Waals surface area contributed by atoms with Gasteiger partial charge in [-0.25, -0.2) is 14.1 Å². The quantitative estimate of drug-likeness (QED) is 0.193. The number of urea groups is 1. The van der Waals surface area contributed by atoms with Crippen LogP contribution in [0.4, 0.5) is 14.9 Å². The van der Waals surface area contributed by atoms with Crippen LogP contribution < -0.4 is 20.1 Å². The summed E-state index contributed by atoms with van der Waals surface area (Å²) in [5.74, 6) is -0.678. The molecular formula is C31H30FN3O5. The summed E-state index contributed by atoms with van der Waals surface area (Å²) in [5, 5.41) is 5.22. The van der Waals surface area contributed by atoms with E-state index >= 15 is 0 Å². The van der Waals surface area contributed by atoms with Gasteiger partial charge < -0.3 is 20.1 Å². The lowest BCUT2D eigenvalue weighted by atomic mass is 10.0. The number of aryl methyl sites for hydroxylation is 1. The van der Waals surface area contributed by atoms with Crippen molar-refractivity contribution in [3.63, 3.8) is 0 Å². The molecular weight excluding hydrogens is 513 g/mol. The first-order valence-electron chi connectivity index (χ1n) is 12.8. The highest BCUT2D eigenvalue weighted by Crippen LogP contribution is 2.35. The summed E-state index contributed by atoms with van der Waals surface area (Å²) < 4.78 is 26.0. The number of hydrogen-bond donors (Lipinski definition) is 2. The fraction of sp³-hybridized carbons (Fsp3) is 0.194. The van der Waals surface area contributed by atoms with E-state index in [2.05, 4.69) is 17.2 Å². The van der Waals surface area contributed by atoms with Crippen LogP contribution in [0.25, 0.3) is 6.08 Å². The summed E-state index contributed by atoms with van der Waals surface area (Å²) in [6.45, 7) is 7.44. The van der Waals surface area contributed by atoms with Crippen molar-refractivity contribution in [2.75, 3.05) is 18.5 Å². The van der Waals surface area contributed by atoms with Crippen LogP contribution in [0.1, 0.15) is 29.2 Å². The Balaban J connectivity index is 1.55. The first-order valence-corrected chi connectivity index (χ1v) is 12.8. The zero-order chi connectivity index (χ0) is 28.6. The number of anilines is 1. The summed E-state index contributed by atoms with van der Waals surface area (Å²) >= 11 is 0. The number of halogens is 1. The number of carbonyl (C=O) groups is 3. The van der Waals surface area contributed by atoms with E-state index < -0.39 is 24.4 Å². The Morgan fingerprint density at radius 3 is 2.52 bits per heavy atom. The van der Waals surface area contributed by atoms with Crippen molar-refractivity contribution in [1.82, 2.24) is 10.2 Å². The van der Waals surface area contributed by atoms with Crippen LogP contribution >= 0.6 is 0 Å². The molecule has 3 aromatic carbocycles. The molecule has 1 saturated heterocycles. The van der Waals surface area contributed by atoms with Gasteiger partial charge in [0.2, 0.25) is 5.91 Å². The van der Waals surface area contributed by atoms with Gasteiger partial charge in [0.25, 0.3) is 5.91 Å². The lowest BCUT2D eigenvalue weighted by molar-refractivity contribution is -0.127. The van der Waals surface area contributed by atoms with E-state index in [9.17, 15) is 18.8 Å². The van der Waals surface area contributed by atoms with Gasteiger partial charge in [0.1, 0.15) is 24.7 Å². The third-order valence-electron chi connectivity index (χ3n) is 6.06. The van der Waals surface area contributed by atoms with Crippen LogP contribution in [0.3, 0.4) is 0 Å². The molecule has 8 nitrogen and oxygen atoms in total. The van der Waals surface area contributed by atoms with Gasteiger partial charge in [0.15, 0.2) is 11.5 Å². The average molecular weight is 544 g/mol. The maximum Gasteiger partial charge on any atom is 0.329 e. The summed E-state index contributed by atoms with van der Waals surface area (Å²) in [5.41, 5.74) is 3.28. The van der Waals surface area contributed by atoms with Gasteiger partial charge in [-0.15, -0.1) is 6.58 Å². The van der Waals surface area contributed by atoms with E-state index in [1.807, 2.05) is 26.0 Å². The second-order valence-electron chi connectivity index (χ2n) is 9.11. The number of nitrogens with zero attached hydrogens (tertiary/aromatic N) is 1. The number of imide groups is 1. The smallest absolute Gasteiger partial charge is 0.329 e. The fourth-order valence-corrected chi connectivity index (χ4v) is 4.13. The van der Waals surface area contributed by atoms with Crippen molar-refractivity contribution in [3.8, 4) is 11.5 Å². The van der Waals surface area contributed by atoms with Gasteiger partial charge in [-0.1, -0.05) is 42.0 Å². The molecule has 0 radical (unpaired) electrons. The van der Waals surface area contributed by atoms with Crippen LogP contribution in [-0.4, -0.2) is 35.9 Å². The maximum absolute atomic E-state index is 14.2. The molecule has 9 heteroatoms. The van der Waals surface area contributed by atoms with Crippen LogP contribution in [0.15, 0.2) is 79.0 Å². The van der Waals surface area contributed by atoms with E-state index in [-0.39, 0.29) is 18.1 Å². The van der Waals surface area contributed by atoms with Gasteiger partial charge in [0, 0.05) is 16.8 Å². The van der Waals surface area contributed by atoms with Crippen LogP contribution in [0.5, 0.6) is 11.5 Å². The standard InChI is InChI=1S/C31H30FN3O5/c1-4-8-22-15-21(17-27(39-5-2)29(22)40-19-23-9-6-7-10-25(23)32)16-26-30(37)35(31(38)34-26)18-28(36)33-24-13-11-20(3)12-14-24/h4,6-7,9-17H,1,5,8,18-19H2,2-3H3,(H,33,36)(H,34,38)/b26-16+. The molecule has 0 saturated carbocycles. The van der Waals surface area contributed by atoms with Gasteiger partial charge in [-0.2, -0.15) is 0 Å².